The largest absolute Gasteiger partial charge is 0.376 e. The first kappa shape index (κ1) is 14.6. The maximum absolute atomic E-state index is 14.0. The lowest BCUT2D eigenvalue weighted by Crippen LogP contribution is -2.60. The summed E-state index contributed by atoms with van der Waals surface area (Å²) < 4.78 is 34.5. The van der Waals surface area contributed by atoms with E-state index in [4.69, 9.17) is 4.74 Å². The Labute approximate surface area is 125 Å². The Morgan fingerprint density at radius 2 is 2.09 bits per heavy atom. The van der Waals surface area contributed by atoms with Gasteiger partial charge in [0.25, 0.3) is 0 Å². The van der Waals surface area contributed by atoms with Gasteiger partial charge in [-0.15, -0.1) is 0 Å². The number of rotatable bonds is 5. The summed E-state index contributed by atoms with van der Waals surface area (Å²) in [5, 5.41) is 6.57. The Morgan fingerprint density at radius 3 is 2.64 bits per heavy atom. The number of carbonyl (C=O) groups excluding carboxylic acids is 1. The van der Waals surface area contributed by atoms with Gasteiger partial charge in [-0.05, 0) is 12.1 Å². The Hall–Kier alpha value is -2.35. The summed E-state index contributed by atoms with van der Waals surface area (Å²) in [6, 6.07) is 3.62. The summed E-state index contributed by atoms with van der Waals surface area (Å²) >= 11 is 0. The van der Waals surface area contributed by atoms with E-state index in [2.05, 4.69) is 15.4 Å². The van der Waals surface area contributed by atoms with Crippen molar-refractivity contribution in [3.63, 3.8) is 0 Å². The number of ether oxygens (including phenoxy) is 1. The lowest BCUT2D eigenvalue weighted by atomic mass is 9.86. The van der Waals surface area contributed by atoms with E-state index in [1.165, 1.54) is 35.5 Å². The van der Waals surface area contributed by atoms with Crippen LogP contribution in [0.5, 0.6) is 0 Å². The molecule has 1 saturated heterocycles. The third-order valence-corrected chi connectivity index (χ3v) is 3.55. The number of halogens is 2. The van der Waals surface area contributed by atoms with Crippen LogP contribution in [0, 0.1) is 11.6 Å². The lowest BCUT2D eigenvalue weighted by Gasteiger charge is -2.42. The molecule has 0 spiro atoms. The highest BCUT2D eigenvalue weighted by Crippen LogP contribution is 2.33. The highest BCUT2D eigenvalue weighted by atomic mass is 19.1. The van der Waals surface area contributed by atoms with Gasteiger partial charge in [-0.2, -0.15) is 5.10 Å². The molecule has 0 saturated carbocycles. The average Bonchev–Trinajstić information content (AvgIpc) is 2.95. The molecular formula is C14H14F2N4O2. The highest BCUT2D eigenvalue weighted by molar-refractivity contribution is 5.77. The van der Waals surface area contributed by atoms with E-state index in [-0.39, 0.29) is 31.1 Å². The van der Waals surface area contributed by atoms with Gasteiger partial charge in [-0.25, -0.2) is 13.8 Å². The minimum Gasteiger partial charge on any atom is -0.376 e. The first-order valence-corrected chi connectivity index (χ1v) is 6.76. The maximum atomic E-state index is 14.0. The molecule has 2 aromatic rings. The molecule has 1 aromatic heterocycles. The summed E-state index contributed by atoms with van der Waals surface area (Å²) in [6.45, 7) is 0.419. The van der Waals surface area contributed by atoms with Crippen LogP contribution in [0.3, 0.4) is 0 Å². The van der Waals surface area contributed by atoms with Crippen LogP contribution < -0.4 is 5.32 Å². The van der Waals surface area contributed by atoms with Crippen LogP contribution >= 0.6 is 0 Å². The molecule has 1 aliphatic rings. The van der Waals surface area contributed by atoms with Crippen LogP contribution in [-0.2, 0) is 21.6 Å². The fourth-order valence-electron chi connectivity index (χ4n) is 2.43. The summed E-state index contributed by atoms with van der Waals surface area (Å²) in [5.41, 5.74) is -1.30. The van der Waals surface area contributed by atoms with E-state index < -0.39 is 17.2 Å². The molecule has 1 aliphatic heterocycles. The van der Waals surface area contributed by atoms with Crippen LogP contribution in [0.15, 0.2) is 30.9 Å². The summed E-state index contributed by atoms with van der Waals surface area (Å²) in [7, 11) is 0. The van der Waals surface area contributed by atoms with Crippen molar-refractivity contribution in [1.29, 1.82) is 0 Å². The van der Waals surface area contributed by atoms with E-state index >= 15 is 0 Å². The molecule has 0 aliphatic carbocycles. The van der Waals surface area contributed by atoms with Crippen LogP contribution in [0.1, 0.15) is 12.0 Å². The van der Waals surface area contributed by atoms with Gasteiger partial charge >= 0.3 is 0 Å². The number of benzene rings is 1. The molecule has 1 aromatic carbocycles. The third kappa shape index (κ3) is 2.69. The van der Waals surface area contributed by atoms with Crippen molar-refractivity contribution in [2.24, 2.45) is 0 Å². The molecule has 22 heavy (non-hydrogen) atoms. The van der Waals surface area contributed by atoms with E-state index in [0.717, 1.165) is 0 Å². The molecule has 6 nitrogen and oxygen atoms in total. The van der Waals surface area contributed by atoms with Crippen molar-refractivity contribution in [2.45, 2.75) is 18.5 Å². The van der Waals surface area contributed by atoms with E-state index in [0.29, 0.717) is 6.54 Å². The van der Waals surface area contributed by atoms with Crippen LogP contribution in [-0.4, -0.2) is 33.9 Å². The third-order valence-electron chi connectivity index (χ3n) is 3.55. The molecule has 0 bridgehead atoms. The first-order chi connectivity index (χ1) is 10.6. The fraction of sp³-hybridized carbons (Fsp3) is 0.357. The standard InChI is InChI=1S/C14H14F2N4O2/c15-10-2-1-3-11(16)13(10)14(6-22-7-14)19-12(21)4-5-20-9-17-8-18-20/h1-3,8-9H,4-7H2,(H,19,21). The molecule has 1 amide bonds. The Kier molecular flexibility index (Phi) is 3.84. The Morgan fingerprint density at radius 1 is 1.36 bits per heavy atom. The van der Waals surface area contributed by atoms with Gasteiger partial charge in [-0.3, -0.25) is 9.48 Å². The second-order valence-electron chi connectivity index (χ2n) is 5.13. The van der Waals surface area contributed by atoms with Gasteiger partial charge in [0.15, 0.2) is 0 Å². The minimum absolute atomic E-state index is 0.0416. The molecule has 1 fully saturated rings. The van der Waals surface area contributed by atoms with Gasteiger partial charge in [0, 0.05) is 6.42 Å². The molecule has 0 atom stereocenters. The Balaban J connectivity index is 1.72. The predicted octanol–water partition coefficient (Wildman–Crippen LogP) is 0.988. The van der Waals surface area contributed by atoms with Crippen molar-refractivity contribution < 1.29 is 18.3 Å². The average molecular weight is 308 g/mol. The van der Waals surface area contributed by atoms with Crippen molar-refractivity contribution in [1.82, 2.24) is 20.1 Å². The van der Waals surface area contributed by atoms with E-state index in [9.17, 15) is 13.6 Å². The second kappa shape index (κ2) is 5.80. The zero-order chi connectivity index (χ0) is 15.6. The van der Waals surface area contributed by atoms with Gasteiger partial charge in [-0.1, -0.05) is 6.07 Å². The number of aromatic nitrogens is 3. The van der Waals surface area contributed by atoms with Crippen molar-refractivity contribution in [3.05, 3.63) is 48.1 Å². The summed E-state index contributed by atoms with van der Waals surface area (Å²) in [4.78, 5) is 15.8. The van der Waals surface area contributed by atoms with Gasteiger partial charge < -0.3 is 10.1 Å². The number of hydrogen-bond acceptors (Lipinski definition) is 4. The molecule has 3 rings (SSSR count). The fourth-order valence-corrected chi connectivity index (χ4v) is 2.43. The zero-order valence-electron chi connectivity index (χ0n) is 11.6. The molecular weight excluding hydrogens is 294 g/mol. The molecule has 116 valence electrons. The molecule has 0 radical (unpaired) electrons. The zero-order valence-corrected chi connectivity index (χ0v) is 11.6. The summed E-state index contributed by atoms with van der Waals surface area (Å²) in [6.07, 6.45) is 2.99. The second-order valence-corrected chi connectivity index (χ2v) is 5.13. The number of carbonyl (C=O) groups is 1. The number of nitrogens with one attached hydrogen (secondary N) is 1. The first-order valence-electron chi connectivity index (χ1n) is 6.76. The number of aryl methyl sites for hydroxylation is 1. The number of hydrogen-bond donors (Lipinski definition) is 1. The molecule has 0 unspecified atom stereocenters. The molecule has 8 heteroatoms. The van der Waals surface area contributed by atoms with E-state index in [1.54, 1.807) is 0 Å². The van der Waals surface area contributed by atoms with Crippen LogP contribution in [0.25, 0.3) is 0 Å². The van der Waals surface area contributed by atoms with E-state index in [1.807, 2.05) is 0 Å². The monoisotopic (exact) mass is 308 g/mol. The normalized spacial score (nSPS) is 16.1. The minimum atomic E-state index is -1.14. The summed E-state index contributed by atoms with van der Waals surface area (Å²) in [5.74, 6) is -1.72. The number of amides is 1. The topological polar surface area (TPSA) is 69.0 Å². The maximum Gasteiger partial charge on any atom is 0.222 e. The highest BCUT2D eigenvalue weighted by Gasteiger charge is 2.45. The van der Waals surface area contributed by atoms with Crippen molar-refractivity contribution in [2.75, 3.05) is 13.2 Å². The van der Waals surface area contributed by atoms with Crippen molar-refractivity contribution >= 4 is 5.91 Å². The van der Waals surface area contributed by atoms with Gasteiger partial charge in [0.2, 0.25) is 5.91 Å². The van der Waals surface area contributed by atoms with Crippen LogP contribution in [0.2, 0.25) is 0 Å². The number of nitrogens with zero attached hydrogens (tertiary/aromatic N) is 3. The van der Waals surface area contributed by atoms with Gasteiger partial charge in [0.1, 0.15) is 29.8 Å². The van der Waals surface area contributed by atoms with Crippen molar-refractivity contribution in [3.8, 4) is 0 Å². The lowest BCUT2D eigenvalue weighted by molar-refractivity contribution is -0.134. The molecule has 1 N–H and O–H groups in total. The Bertz CT molecular complexity index is 651. The predicted molar refractivity (Wildman–Crippen MR) is 71.6 cm³/mol. The molecule has 2 heterocycles. The van der Waals surface area contributed by atoms with Gasteiger partial charge in [0.05, 0.1) is 25.3 Å². The quantitative estimate of drug-likeness (QED) is 0.894. The van der Waals surface area contributed by atoms with Crippen LogP contribution in [0.4, 0.5) is 8.78 Å². The smallest absolute Gasteiger partial charge is 0.222 e. The SMILES string of the molecule is O=C(CCn1cncn1)NC1(c2c(F)cccc2F)COC1.